The van der Waals surface area contributed by atoms with Crippen molar-refractivity contribution < 1.29 is 9.53 Å². The van der Waals surface area contributed by atoms with Crippen LogP contribution in [0.2, 0.25) is 0 Å². The number of benzene rings is 2. The third-order valence-corrected chi connectivity index (χ3v) is 3.82. The number of carbonyl (C=O) groups excluding carboxylic acids is 1. The summed E-state index contributed by atoms with van der Waals surface area (Å²) in [5, 5.41) is 2.93. The lowest BCUT2D eigenvalue weighted by Gasteiger charge is -2.22. The van der Waals surface area contributed by atoms with E-state index in [-0.39, 0.29) is 18.1 Å². The number of nitrogens with two attached hydrogens (primary N) is 1. The van der Waals surface area contributed by atoms with Crippen molar-refractivity contribution in [2.45, 2.75) is 38.6 Å². The summed E-state index contributed by atoms with van der Waals surface area (Å²) in [4.78, 5) is 12.3. The third-order valence-electron chi connectivity index (χ3n) is 3.82. The molecule has 4 heteroatoms. The normalized spacial score (nSPS) is 14.7. The molecule has 3 atom stereocenters. The molecule has 2 aromatic rings. The minimum Gasteiger partial charge on any atom is -0.372 e. The van der Waals surface area contributed by atoms with Crippen LogP contribution in [0, 0.1) is 0 Å². The highest BCUT2D eigenvalue weighted by Gasteiger charge is 2.23. The van der Waals surface area contributed by atoms with E-state index in [0.717, 1.165) is 11.1 Å². The van der Waals surface area contributed by atoms with E-state index in [9.17, 15) is 4.79 Å². The first kappa shape index (κ1) is 17.2. The molecule has 0 bridgehead atoms. The van der Waals surface area contributed by atoms with E-state index in [0.29, 0.717) is 6.61 Å². The van der Waals surface area contributed by atoms with E-state index in [4.69, 9.17) is 10.5 Å². The van der Waals surface area contributed by atoms with E-state index >= 15 is 0 Å². The lowest BCUT2D eigenvalue weighted by atomic mass is 10.1. The van der Waals surface area contributed by atoms with E-state index < -0.39 is 6.04 Å². The summed E-state index contributed by atoms with van der Waals surface area (Å²) < 4.78 is 5.71. The van der Waals surface area contributed by atoms with Crippen LogP contribution in [0.15, 0.2) is 60.7 Å². The Balaban J connectivity index is 1.83. The molecule has 1 amide bonds. The van der Waals surface area contributed by atoms with Gasteiger partial charge in [0.25, 0.3) is 0 Å². The molecule has 2 rings (SSSR count). The van der Waals surface area contributed by atoms with Crippen molar-refractivity contribution in [1.82, 2.24) is 5.32 Å². The Bertz CT molecular complexity index is 601. The summed E-state index contributed by atoms with van der Waals surface area (Å²) in [6.07, 6.45) is -0.363. The number of hydrogen-bond acceptors (Lipinski definition) is 3. The van der Waals surface area contributed by atoms with Gasteiger partial charge in [0.1, 0.15) is 6.04 Å². The van der Waals surface area contributed by atoms with Crippen molar-refractivity contribution in [3.05, 3.63) is 71.8 Å². The van der Waals surface area contributed by atoms with Crippen molar-refractivity contribution >= 4 is 5.91 Å². The third kappa shape index (κ3) is 5.20. The van der Waals surface area contributed by atoms with Crippen LogP contribution >= 0.6 is 0 Å². The molecule has 4 nitrogen and oxygen atoms in total. The standard InChI is InChI=1S/C19H24N2O2/c1-14(17-11-7-4-8-12-17)21-19(22)18(20)15(2)23-13-16-9-5-3-6-10-16/h3-12,14-15,18H,13,20H2,1-2H3,(H,21,22)/t14-,15?,18-/m0/s1. The highest BCUT2D eigenvalue weighted by atomic mass is 16.5. The average Bonchev–Trinajstić information content (AvgIpc) is 2.60. The minimum absolute atomic E-state index is 0.0870. The molecule has 0 aliphatic heterocycles. The SMILES string of the molecule is CC(OCc1ccccc1)[C@H](N)C(=O)N[C@@H](C)c1ccccc1. The summed E-state index contributed by atoms with van der Waals surface area (Å²) in [6.45, 7) is 4.20. The quantitative estimate of drug-likeness (QED) is 0.826. The van der Waals surface area contributed by atoms with Crippen molar-refractivity contribution in [2.24, 2.45) is 5.73 Å². The summed E-state index contributed by atoms with van der Waals surface area (Å²) in [5.74, 6) is -0.207. The smallest absolute Gasteiger partial charge is 0.240 e. The second-order valence-electron chi connectivity index (χ2n) is 5.67. The monoisotopic (exact) mass is 312 g/mol. The second-order valence-corrected chi connectivity index (χ2v) is 5.67. The van der Waals surface area contributed by atoms with E-state index in [1.807, 2.05) is 74.5 Å². The molecule has 23 heavy (non-hydrogen) atoms. The topological polar surface area (TPSA) is 64.3 Å². The van der Waals surface area contributed by atoms with E-state index in [1.165, 1.54) is 0 Å². The highest BCUT2D eigenvalue weighted by molar-refractivity contribution is 5.82. The first-order chi connectivity index (χ1) is 11.1. The van der Waals surface area contributed by atoms with Gasteiger partial charge in [0.15, 0.2) is 0 Å². The van der Waals surface area contributed by atoms with Crippen LogP contribution < -0.4 is 11.1 Å². The van der Waals surface area contributed by atoms with Crippen molar-refractivity contribution in [3.63, 3.8) is 0 Å². The fraction of sp³-hybridized carbons (Fsp3) is 0.316. The van der Waals surface area contributed by atoms with Crippen LogP contribution in [0.1, 0.15) is 31.0 Å². The molecule has 0 saturated carbocycles. The number of amides is 1. The Kier molecular flexibility index (Phi) is 6.32. The van der Waals surface area contributed by atoms with Crippen molar-refractivity contribution in [3.8, 4) is 0 Å². The van der Waals surface area contributed by atoms with Gasteiger partial charge in [-0.05, 0) is 25.0 Å². The Labute approximate surface area is 137 Å². The van der Waals surface area contributed by atoms with Gasteiger partial charge in [-0.1, -0.05) is 60.7 Å². The number of hydrogen-bond donors (Lipinski definition) is 2. The van der Waals surface area contributed by atoms with Gasteiger partial charge in [-0.3, -0.25) is 4.79 Å². The molecule has 0 heterocycles. The predicted octanol–water partition coefficient (Wildman–Crippen LogP) is 2.80. The van der Waals surface area contributed by atoms with Gasteiger partial charge in [-0.2, -0.15) is 0 Å². The molecule has 3 N–H and O–H groups in total. The molecule has 0 saturated heterocycles. The predicted molar refractivity (Wildman–Crippen MR) is 91.7 cm³/mol. The zero-order valence-electron chi connectivity index (χ0n) is 13.6. The molecule has 0 radical (unpaired) electrons. The molecule has 0 aliphatic carbocycles. The maximum atomic E-state index is 12.3. The van der Waals surface area contributed by atoms with Crippen molar-refractivity contribution in [1.29, 1.82) is 0 Å². The number of rotatable bonds is 7. The van der Waals surface area contributed by atoms with Crippen LogP contribution in [0.5, 0.6) is 0 Å². The Morgan fingerprint density at radius 3 is 2.22 bits per heavy atom. The van der Waals surface area contributed by atoms with E-state index in [1.54, 1.807) is 0 Å². The molecule has 0 aliphatic rings. The summed E-state index contributed by atoms with van der Waals surface area (Å²) in [5.41, 5.74) is 8.12. The maximum Gasteiger partial charge on any atom is 0.240 e. The highest BCUT2D eigenvalue weighted by Crippen LogP contribution is 2.12. The number of carbonyl (C=O) groups is 1. The Morgan fingerprint density at radius 1 is 1.04 bits per heavy atom. The first-order valence-corrected chi connectivity index (χ1v) is 7.84. The fourth-order valence-corrected chi connectivity index (χ4v) is 2.25. The van der Waals surface area contributed by atoms with Crippen LogP contribution in [0.3, 0.4) is 0 Å². The van der Waals surface area contributed by atoms with Crippen LogP contribution in [-0.4, -0.2) is 18.1 Å². The lowest BCUT2D eigenvalue weighted by Crippen LogP contribution is -2.48. The zero-order chi connectivity index (χ0) is 16.7. The summed E-state index contributed by atoms with van der Waals surface area (Å²) >= 11 is 0. The van der Waals surface area contributed by atoms with Gasteiger partial charge in [-0.25, -0.2) is 0 Å². The van der Waals surface area contributed by atoms with Crippen LogP contribution in [0.25, 0.3) is 0 Å². The van der Waals surface area contributed by atoms with E-state index in [2.05, 4.69) is 5.32 Å². The zero-order valence-corrected chi connectivity index (χ0v) is 13.6. The molecule has 0 spiro atoms. The first-order valence-electron chi connectivity index (χ1n) is 7.84. The molecule has 122 valence electrons. The van der Waals surface area contributed by atoms with Crippen LogP contribution in [0.4, 0.5) is 0 Å². The second kappa shape index (κ2) is 8.46. The summed E-state index contributed by atoms with van der Waals surface area (Å²) in [6, 6.07) is 18.8. The number of nitrogens with one attached hydrogen (secondary N) is 1. The van der Waals surface area contributed by atoms with Gasteiger partial charge < -0.3 is 15.8 Å². The molecular formula is C19H24N2O2. The molecular weight excluding hydrogens is 288 g/mol. The largest absolute Gasteiger partial charge is 0.372 e. The summed E-state index contributed by atoms with van der Waals surface area (Å²) in [7, 11) is 0. The van der Waals surface area contributed by atoms with Gasteiger partial charge >= 0.3 is 0 Å². The van der Waals surface area contributed by atoms with Gasteiger partial charge in [0.05, 0.1) is 18.8 Å². The lowest BCUT2D eigenvalue weighted by molar-refractivity contribution is -0.126. The molecule has 2 aromatic carbocycles. The fourth-order valence-electron chi connectivity index (χ4n) is 2.25. The minimum atomic E-state index is -0.704. The number of ether oxygens (including phenoxy) is 1. The van der Waals surface area contributed by atoms with Gasteiger partial charge in [-0.15, -0.1) is 0 Å². The molecule has 0 fully saturated rings. The maximum absolute atomic E-state index is 12.3. The van der Waals surface area contributed by atoms with Gasteiger partial charge in [0, 0.05) is 0 Å². The Morgan fingerprint density at radius 2 is 1.61 bits per heavy atom. The molecule has 0 aromatic heterocycles. The van der Waals surface area contributed by atoms with Crippen LogP contribution in [-0.2, 0) is 16.1 Å². The molecule has 1 unspecified atom stereocenters. The Hall–Kier alpha value is -2.17. The van der Waals surface area contributed by atoms with Crippen molar-refractivity contribution in [2.75, 3.05) is 0 Å². The average molecular weight is 312 g/mol. The van der Waals surface area contributed by atoms with Gasteiger partial charge in [0.2, 0.25) is 5.91 Å².